The van der Waals surface area contributed by atoms with Crippen molar-refractivity contribution in [2.45, 2.75) is 10.6 Å². The summed E-state index contributed by atoms with van der Waals surface area (Å²) in [6.07, 6.45) is 3.53. The highest BCUT2D eigenvalue weighted by Crippen LogP contribution is 2.22. The van der Waals surface area contributed by atoms with Gasteiger partial charge in [-0.1, -0.05) is 0 Å². The zero-order valence-electron chi connectivity index (χ0n) is 9.04. The molecule has 1 aromatic carbocycles. The molecule has 1 heterocycles. The normalized spacial score (nSPS) is 10.1. The van der Waals surface area contributed by atoms with Gasteiger partial charge >= 0.3 is 5.97 Å². The van der Waals surface area contributed by atoms with Crippen LogP contribution in [-0.4, -0.2) is 16.1 Å². The maximum absolute atomic E-state index is 10.7. The van der Waals surface area contributed by atoms with E-state index in [-0.39, 0.29) is 0 Å². The maximum atomic E-state index is 10.7. The molecule has 0 fully saturated rings. The standard InChI is InChI=1S/C13H11NO2S/c15-13(16)11-1-3-12(4-2-11)17-9-10-5-7-14-8-6-10/h1-8H,9H2,(H,15,16). The van der Waals surface area contributed by atoms with Crippen LogP contribution in [0.1, 0.15) is 15.9 Å². The molecule has 0 radical (unpaired) electrons. The molecule has 0 unspecified atom stereocenters. The monoisotopic (exact) mass is 245 g/mol. The van der Waals surface area contributed by atoms with Crippen molar-refractivity contribution in [3.8, 4) is 0 Å². The molecule has 1 N–H and O–H groups in total. The lowest BCUT2D eigenvalue weighted by atomic mass is 10.2. The lowest BCUT2D eigenvalue weighted by Gasteiger charge is -2.02. The SMILES string of the molecule is O=C(O)c1ccc(SCc2ccncc2)cc1. The Morgan fingerprint density at radius 1 is 1.12 bits per heavy atom. The number of hydrogen-bond acceptors (Lipinski definition) is 3. The Morgan fingerprint density at radius 3 is 2.35 bits per heavy atom. The van der Waals surface area contributed by atoms with E-state index >= 15 is 0 Å². The van der Waals surface area contributed by atoms with Gasteiger partial charge in [0.15, 0.2) is 0 Å². The number of carboxylic acids is 1. The first kappa shape index (κ1) is 11.7. The fraction of sp³-hybridized carbons (Fsp3) is 0.0769. The third kappa shape index (κ3) is 3.32. The fourth-order valence-electron chi connectivity index (χ4n) is 1.34. The number of carbonyl (C=O) groups is 1. The van der Waals surface area contributed by atoms with Gasteiger partial charge in [-0.05, 0) is 42.0 Å². The number of hydrogen-bond donors (Lipinski definition) is 1. The molecule has 0 spiro atoms. The Morgan fingerprint density at radius 2 is 1.76 bits per heavy atom. The lowest BCUT2D eigenvalue weighted by Crippen LogP contribution is -1.94. The van der Waals surface area contributed by atoms with E-state index in [1.165, 1.54) is 5.56 Å². The molecule has 3 nitrogen and oxygen atoms in total. The number of aromatic nitrogens is 1. The largest absolute Gasteiger partial charge is 0.478 e. The molecule has 0 aliphatic carbocycles. The minimum atomic E-state index is -0.893. The van der Waals surface area contributed by atoms with E-state index in [0.717, 1.165) is 10.6 Å². The lowest BCUT2D eigenvalue weighted by molar-refractivity contribution is 0.0697. The van der Waals surface area contributed by atoms with Gasteiger partial charge in [0.1, 0.15) is 0 Å². The number of nitrogens with zero attached hydrogens (tertiary/aromatic N) is 1. The molecular weight excluding hydrogens is 234 g/mol. The minimum absolute atomic E-state index is 0.318. The van der Waals surface area contributed by atoms with Crippen LogP contribution in [0.3, 0.4) is 0 Å². The molecule has 0 aliphatic rings. The molecule has 86 valence electrons. The zero-order valence-corrected chi connectivity index (χ0v) is 9.85. The van der Waals surface area contributed by atoms with Gasteiger partial charge in [-0.15, -0.1) is 11.8 Å². The third-order valence-electron chi connectivity index (χ3n) is 2.26. The second-order valence-electron chi connectivity index (χ2n) is 3.47. The highest BCUT2D eigenvalue weighted by Gasteiger charge is 2.02. The molecule has 0 amide bonds. The summed E-state index contributed by atoms with van der Waals surface area (Å²) in [6, 6.07) is 10.8. The number of aromatic carboxylic acids is 1. The molecule has 1 aromatic heterocycles. The van der Waals surface area contributed by atoms with Crippen LogP contribution >= 0.6 is 11.8 Å². The summed E-state index contributed by atoms with van der Waals surface area (Å²) in [7, 11) is 0. The van der Waals surface area contributed by atoms with Crippen molar-refractivity contribution in [3.05, 3.63) is 59.9 Å². The highest BCUT2D eigenvalue weighted by atomic mass is 32.2. The molecular formula is C13H11NO2S. The van der Waals surface area contributed by atoms with Crippen LogP contribution in [0.25, 0.3) is 0 Å². The van der Waals surface area contributed by atoms with Crippen molar-refractivity contribution < 1.29 is 9.90 Å². The first-order valence-electron chi connectivity index (χ1n) is 5.11. The molecule has 2 rings (SSSR count). The predicted octanol–water partition coefficient (Wildman–Crippen LogP) is 3.07. The van der Waals surface area contributed by atoms with E-state index < -0.39 is 5.97 Å². The van der Waals surface area contributed by atoms with E-state index in [1.54, 1.807) is 36.3 Å². The molecule has 2 aromatic rings. The average Bonchev–Trinajstić information content (AvgIpc) is 2.38. The van der Waals surface area contributed by atoms with Crippen LogP contribution in [0, 0.1) is 0 Å². The van der Waals surface area contributed by atoms with E-state index in [9.17, 15) is 4.79 Å². The smallest absolute Gasteiger partial charge is 0.335 e. The Balaban J connectivity index is 1.98. The quantitative estimate of drug-likeness (QED) is 0.841. The maximum Gasteiger partial charge on any atom is 0.335 e. The summed E-state index contributed by atoms with van der Waals surface area (Å²) in [5.74, 6) is -0.0368. The van der Waals surface area contributed by atoms with Crippen molar-refractivity contribution in [2.24, 2.45) is 0 Å². The minimum Gasteiger partial charge on any atom is -0.478 e. The number of benzene rings is 1. The van der Waals surface area contributed by atoms with Crippen molar-refractivity contribution in [3.63, 3.8) is 0 Å². The molecule has 0 saturated heterocycles. The predicted molar refractivity (Wildman–Crippen MR) is 67.2 cm³/mol. The number of thioether (sulfide) groups is 1. The van der Waals surface area contributed by atoms with Crippen LogP contribution in [0.4, 0.5) is 0 Å². The van der Waals surface area contributed by atoms with Gasteiger partial charge in [0.25, 0.3) is 0 Å². The van der Waals surface area contributed by atoms with Crippen LogP contribution in [0.5, 0.6) is 0 Å². The van der Waals surface area contributed by atoms with Crippen molar-refractivity contribution in [2.75, 3.05) is 0 Å². The second kappa shape index (κ2) is 5.50. The van der Waals surface area contributed by atoms with Crippen LogP contribution in [-0.2, 0) is 5.75 Å². The Labute approximate surface area is 104 Å². The fourth-order valence-corrected chi connectivity index (χ4v) is 2.19. The van der Waals surface area contributed by atoms with Gasteiger partial charge in [-0.3, -0.25) is 4.98 Å². The Hall–Kier alpha value is -1.81. The molecule has 0 aliphatic heterocycles. The average molecular weight is 245 g/mol. The van der Waals surface area contributed by atoms with Crippen LogP contribution < -0.4 is 0 Å². The zero-order chi connectivity index (χ0) is 12.1. The van der Waals surface area contributed by atoms with Gasteiger partial charge in [0, 0.05) is 23.0 Å². The first-order valence-corrected chi connectivity index (χ1v) is 6.09. The van der Waals surface area contributed by atoms with Crippen LogP contribution in [0.2, 0.25) is 0 Å². The van der Waals surface area contributed by atoms with Crippen molar-refractivity contribution in [1.82, 2.24) is 4.98 Å². The van der Waals surface area contributed by atoms with Gasteiger partial charge in [-0.25, -0.2) is 4.79 Å². The first-order chi connectivity index (χ1) is 8.25. The third-order valence-corrected chi connectivity index (χ3v) is 3.34. The Kier molecular flexibility index (Phi) is 3.77. The summed E-state index contributed by atoms with van der Waals surface area (Å²) < 4.78 is 0. The van der Waals surface area contributed by atoms with Gasteiger partial charge in [0.2, 0.25) is 0 Å². The topological polar surface area (TPSA) is 50.2 Å². The van der Waals surface area contributed by atoms with E-state index in [4.69, 9.17) is 5.11 Å². The van der Waals surface area contributed by atoms with Crippen LogP contribution in [0.15, 0.2) is 53.7 Å². The van der Waals surface area contributed by atoms with Gasteiger partial charge in [0.05, 0.1) is 5.56 Å². The Bertz CT molecular complexity index is 497. The van der Waals surface area contributed by atoms with Gasteiger partial charge in [-0.2, -0.15) is 0 Å². The number of pyridine rings is 1. The molecule has 0 saturated carbocycles. The molecule has 4 heteroatoms. The van der Waals surface area contributed by atoms with Crippen molar-refractivity contribution >= 4 is 17.7 Å². The van der Waals surface area contributed by atoms with E-state index in [0.29, 0.717) is 5.56 Å². The molecule has 0 atom stereocenters. The number of carboxylic acid groups (broad SMARTS) is 1. The van der Waals surface area contributed by atoms with Gasteiger partial charge < -0.3 is 5.11 Å². The molecule has 0 bridgehead atoms. The summed E-state index contributed by atoms with van der Waals surface area (Å²) in [6.45, 7) is 0. The highest BCUT2D eigenvalue weighted by molar-refractivity contribution is 7.98. The number of rotatable bonds is 4. The summed E-state index contributed by atoms with van der Waals surface area (Å²) in [5, 5.41) is 8.77. The van der Waals surface area contributed by atoms with E-state index in [2.05, 4.69) is 4.98 Å². The summed E-state index contributed by atoms with van der Waals surface area (Å²) in [5.41, 5.74) is 1.52. The molecule has 17 heavy (non-hydrogen) atoms. The second-order valence-corrected chi connectivity index (χ2v) is 4.52. The van der Waals surface area contributed by atoms with Crippen molar-refractivity contribution in [1.29, 1.82) is 0 Å². The summed E-state index contributed by atoms with van der Waals surface area (Å²) >= 11 is 1.67. The van der Waals surface area contributed by atoms with E-state index in [1.807, 2.05) is 24.3 Å². The summed E-state index contributed by atoms with van der Waals surface area (Å²) in [4.78, 5) is 15.7.